The minimum Gasteiger partial charge on any atom is -0.349 e. The van der Waals surface area contributed by atoms with Crippen molar-refractivity contribution in [3.8, 4) is 0 Å². The second kappa shape index (κ2) is 9.96. The molecule has 180 valence electrons. The van der Waals surface area contributed by atoms with E-state index < -0.39 is 10.8 Å². The summed E-state index contributed by atoms with van der Waals surface area (Å²) in [7, 11) is -1.56. The second-order valence-corrected chi connectivity index (χ2v) is 11.2. The van der Waals surface area contributed by atoms with E-state index in [9.17, 15) is 13.8 Å². The van der Waals surface area contributed by atoms with Gasteiger partial charge in [0.15, 0.2) is 0 Å². The zero-order chi connectivity index (χ0) is 24.5. The quantitative estimate of drug-likeness (QED) is 0.473. The number of halogens is 1. The van der Waals surface area contributed by atoms with Crippen molar-refractivity contribution >= 4 is 39.9 Å². The van der Waals surface area contributed by atoms with Gasteiger partial charge in [0.1, 0.15) is 0 Å². The molecule has 0 radical (unpaired) electrons. The van der Waals surface area contributed by atoms with Gasteiger partial charge in [-0.2, -0.15) is 0 Å². The Labute approximate surface area is 212 Å². The fourth-order valence-electron chi connectivity index (χ4n) is 4.92. The molecule has 0 aromatic heterocycles. The van der Waals surface area contributed by atoms with Crippen molar-refractivity contribution in [3.05, 3.63) is 88.4 Å². The van der Waals surface area contributed by atoms with Gasteiger partial charge < -0.3 is 10.2 Å². The number of benzene rings is 3. The molecule has 0 saturated heterocycles. The molecule has 0 bridgehead atoms. The number of nitrogens with zero attached hydrogens (tertiary/aromatic N) is 1. The number of fused-ring (bicyclic) bond motifs is 2. The Balaban J connectivity index is 1.55. The minimum absolute atomic E-state index is 0.139. The van der Waals surface area contributed by atoms with Gasteiger partial charge in [-0.3, -0.25) is 9.59 Å². The molecule has 3 atom stereocenters. The normalized spacial score (nSPS) is 21.6. The lowest BCUT2D eigenvalue weighted by atomic mass is 9.86. The van der Waals surface area contributed by atoms with Gasteiger partial charge in [-0.05, 0) is 66.8 Å². The van der Waals surface area contributed by atoms with Crippen molar-refractivity contribution in [2.75, 3.05) is 4.90 Å². The molecule has 5 rings (SSSR count). The van der Waals surface area contributed by atoms with Crippen LogP contribution >= 0.6 is 11.6 Å². The molecule has 1 aliphatic heterocycles. The average molecular weight is 507 g/mol. The Morgan fingerprint density at radius 3 is 2.54 bits per heavy atom. The van der Waals surface area contributed by atoms with Gasteiger partial charge in [0.2, 0.25) is 0 Å². The third-order valence-corrected chi connectivity index (χ3v) is 8.71. The third-order valence-electron chi connectivity index (χ3n) is 6.96. The van der Waals surface area contributed by atoms with E-state index in [-0.39, 0.29) is 24.4 Å². The summed E-state index contributed by atoms with van der Waals surface area (Å²) < 4.78 is 13.6. The Kier molecular flexibility index (Phi) is 6.76. The fraction of sp³-hybridized carbons (Fsp3) is 0.286. The number of hydrogen-bond donors (Lipinski definition) is 1. The monoisotopic (exact) mass is 506 g/mol. The van der Waals surface area contributed by atoms with Crippen molar-refractivity contribution in [2.24, 2.45) is 5.92 Å². The fourth-order valence-corrected chi connectivity index (χ4v) is 6.39. The van der Waals surface area contributed by atoms with Crippen LogP contribution < -0.4 is 10.2 Å². The van der Waals surface area contributed by atoms with E-state index in [0.717, 1.165) is 24.8 Å². The third kappa shape index (κ3) is 4.78. The highest BCUT2D eigenvalue weighted by molar-refractivity contribution is 7.85. The molecule has 1 fully saturated rings. The van der Waals surface area contributed by atoms with E-state index in [4.69, 9.17) is 11.6 Å². The Bertz CT molecular complexity index is 1310. The first kappa shape index (κ1) is 23.8. The molecule has 2 amide bonds. The molecule has 3 aromatic rings. The van der Waals surface area contributed by atoms with Gasteiger partial charge in [0.25, 0.3) is 11.8 Å². The van der Waals surface area contributed by atoms with Gasteiger partial charge in [-0.15, -0.1) is 0 Å². The molecule has 0 spiro atoms. The predicted molar refractivity (Wildman–Crippen MR) is 138 cm³/mol. The molecular weight excluding hydrogens is 480 g/mol. The number of carbonyl (C=O) groups is 2. The van der Waals surface area contributed by atoms with Crippen LogP contribution in [0.5, 0.6) is 0 Å². The highest BCUT2D eigenvalue weighted by Gasteiger charge is 2.32. The van der Waals surface area contributed by atoms with Crippen molar-refractivity contribution in [3.63, 3.8) is 0 Å². The summed E-state index contributed by atoms with van der Waals surface area (Å²) in [6.07, 6.45) is 4.38. The van der Waals surface area contributed by atoms with Crippen molar-refractivity contribution in [2.45, 2.75) is 55.0 Å². The van der Waals surface area contributed by atoms with Crippen LogP contribution in [-0.2, 0) is 17.3 Å². The number of anilines is 1. The highest BCUT2D eigenvalue weighted by Crippen LogP contribution is 2.36. The standard InChI is InChI=1S/C28H27ClN2O3S/c1-18-6-2-4-8-23(18)30-27(32)20-12-15-26-24(16-20)31(17-19-10-13-21(29)14-11-19)28(33)22-7-3-5-9-25(22)35(26)34/h3,5,7,9-16,18,23H,2,4,6,8,17H2,1H3,(H,30,32)/t18-,23-,35+/m1/s1. The zero-order valence-electron chi connectivity index (χ0n) is 19.5. The van der Waals surface area contributed by atoms with E-state index >= 15 is 0 Å². The molecule has 0 unspecified atom stereocenters. The summed E-state index contributed by atoms with van der Waals surface area (Å²) in [4.78, 5) is 29.5. The molecule has 1 N–H and O–H groups in total. The van der Waals surface area contributed by atoms with Gasteiger partial charge in [-0.25, -0.2) is 4.21 Å². The lowest BCUT2D eigenvalue weighted by molar-refractivity contribution is 0.0908. The van der Waals surface area contributed by atoms with Crippen LogP contribution in [0, 0.1) is 5.92 Å². The Morgan fingerprint density at radius 2 is 1.77 bits per heavy atom. The summed E-state index contributed by atoms with van der Waals surface area (Å²) >= 11 is 6.06. The molecular formula is C28H27ClN2O3S. The molecule has 35 heavy (non-hydrogen) atoms. The van der Waals surface area contributed by atoms with Crippen LogP contribution in [0.4, 0.5) is 5.69 Å². The summed E-state index contributed by atoms with van der Waals surface area (Å²) in [6, 6.07) is 19.5. The summed E-state index contributed by atoms with van der Waals surface area (Å²) in [5.74, 6) is 0.0117. The largest absolute Gasteiger partial charge is 0.349 e. The Hall–Kier alpha value is -2.96. The van der Waals surface area contributed by atoms with Gasteiger partial charge in [0, 0.05) is 16.6 Å². The Morgan fingerprint density at radius 1 is 1.03 bits per heavy atom. The van der Waals surface area contributed by atoms with Crippen LogP contribution in [0.3, 0.4) is 0 Å². The van der Waals surface area contributed by atoms with E-state index in [1.54, 1.807) is 59.5 Å². The van der Waals surface area contributed by atoms with Crippen LogP contribution in [0.2, 0.25) is 5.02 Å². The van der Waals surface area contributed by atoms with Gasteiger partial charge in [-0.1, -0.05) is 55.6 Å². The zero-order valence-corrected chi connectivity index (χ0v) is 21.1. The SMILES string of the molecule is C[C@@H]1CCCC[C@H]1NC(=O)c1ccc2c(c1)N(Cc1ccc(Cl)cc1)C(=O)c1ccccc1[S@@]2=O. The molecule has 1 saturated carbocycles. The lowest BCUT2D eigenvalue weighted by Gasteiger charge is -2.29. The van der Waals surface area contributed by atoms with E-state index in [1.165, 1.54) is 6.42 Å². The lowest BCUT2D eigenvalue weighted by Crippen LogP contribution is -2.41. The minimum atomic E-state index is -1.56. The van der Waals surface area contributed by atoms with Crippen molar-refractivity contribution in [1.82, 2.24) is 5.32 Å². The number of nitrogens with one attached hydrogen (secondary N) is 1. The van der Waals surface area contributed by atoms with Gasteiger partial charge in [0.05, 0.1) is 38.4 Å². The first-order chi connectivity index (χ1) is 16.9. The van der Waals surface area contributed by atoms with Crippen LogP contribution in [0.15, 0.2) is 76.5 Å². The van der Waals surface area contributed by atoms with Crippen molar-refractivity contribution in [1.29, 1.82) is 0 Å². The second-order valence-electron chi connectivity index (χ2n) is 9.31. The maximum atomic E-state index is 13.7. The summed E-state index contributed by atoms with van der Waals surface area (Å²) in [5, 5.41) is 3.79. The van der Waals surface area contributed by atoms with E-state index in [2.05, 4.69) is 12.2 Å². The van der Waals surface area contributed by atoms with Crippen LogP contribution in [0.1, 0.15) is 58.9 Å². The van der Waals surface area contributed by atoms with Gasteiger partial charge >= 0.3 is 0 Å². The van der Waals surface area contributed by atoms with Crippen LogP contribution in [0.25, 0.3) is 0 Å². The summed E-state index contributed by atoms with van der Waals surface area (Å²) in [6.45, 7) is 2.44. The number of amides is 2. The van der Waals surface area contributed by atoms with E-state index in [0.29, 0.717) is 37.5 Å². The first-order valence-electron chi connectivity index (χ1n) is 11.9. The number of hydrogen-bond acceptors (Lipinski definition) is 3. The average Bonchev–Trinajstić information content (AvgIpc) is 2.96. The smallest absolute Gasteiger partial charge is 0.259 e. The number of carbonyl (C=O) groups excluding carboxylic acids is 2. The maximum Gasteiger partial charge on any atom is 0.259 e. The van der Waals surface area contributed by atoms with Crippen LogP contribution in [-0.4, -0.2) is 22.1 Å². The predicted octanol–water partition coefficient (Wildman–Crippen LogP) is 5.98. The highest BCUT2D eigenvalue weighted by atomic mass is 35.5. The molecule has 2 aliphatic rings. The number of rotatable bonds is 4. The molecule has 3 aromatic carbocycles. The first-order valence-corrected chi connectivity index (χ1v) is 13.5. The molecule has 1 heterocycles. The van der Waals surface area contributed by atoms with E-state index in [1.807, 2.05) is 12.1 Å². The maximum absolute atomic E-state index is 13.7. The van der Waals surface area contributed by atoms with Crippen molar-refractivity contribution < 1.29 is 13.8 Å². The molecule has 5 nitrogen and oxygen atoms in total. The molecule has 1 aliphatic carbocycles. The summed E-state index contributed by atoms with van der Waals surface area (Å²) in [5.41, 5.74) is 2.23. The molecule has 7 heteroatoms. The topological polar surface area (TPSA) is 66.5 Å².